The number of hydrogen-bond acceptors (Lipinski definition) is 2. The SMILES string of the molecule is Cc1ccc([C@H](c2ccccc2)N2CCN(C(=O)c3ccccc3C(F)(F)F)CC2)cc1. The highest BCUT2D eigenvalue weighted by atomic mass is 19.4. The van der Waals surface area contributed by atoms with E-state index in [2.05, 4.69) is 41.3 Å². The van der Waals surface area contributed by atoms with Crippen LogP contribution >= 0.6 is 0 Å². The zero-order valence-electron chi connectivity index (χ0n) is 17.8. The maximum atomic E-state index is 13.4. The number of rotatable bonds is 4. The summed E-state index contributed by atoms with van der Waals surface area (Å²) in [6.07, 6.45) is -4.56. The van der Waals surface area contributed by atoms with Crippen molar-refractivity contribution in [2.24, 2.45) is 0 Å². The number of amides is 1. The summed E-state index contributed by atoms with van der Waals surface area (Å²) in [6.45, 7) is 3.95. The molecule has 0 aromatic heterocycles. The largest absolute Gasteiger partial charge is 0.417 e. The summed E-state index contributed by atoms with van der Waals surface area (Å²) in [6, 6.07) is 23.6. The van der Waals surface area contributed by atoms with E-state index in [9.17, 15) is 18.0 Å². The lowest BCUT2D eigenvalue weighted by atomic mass is 9.95. The molecule has 3 aromatic rings. The molecule has 166 valence electrons. The molecule has 0 N–H and O–H groups in total. The van der Waals surface area contributed by atoms with Gasteiger partial charge >= 0.3 is 6.18 Å². The van der Waals surface area contributed by atoms with Gasteiger partial charge in [-0.3, -0.25) is 9.69 Å². The van der Waals surface area contributed by atoms with E-state index in [-0.39, 0.29) is 11.6 Å². The van der Waals surface area contributed by atoms with Crippen LogP contribution in [0.5, 0.6) is 0 Å². The number of aryl methyl sites for hydroxylation is 1. The molecule has 0 spiro atoms. The summed E-state index contributed by atoms with van der Waals surface area (Å²) < 4.78 is 40.1. The molecular formula is C26H25F3N2O. The van der Waals surface area contributed by atoms with Crippen LogP contribution in [0.15, 0.2) is 78.9 Å². The van der Waals surface area contributed by atoms with Gasteiger partial charge in [-0.1, -0.05) is 72.3 Å². The number of carbonyl (C=O) groups excluding carboxylic acids is 1. The summed E-state index contributed by atoms with van der Waals surface area (Å²) in [5.74, 6) is -0.566. The highest BCUT2D eigenvalue weighted by Crippen LogP contribution is 2.33. The van der Waals surface area contributed by atoms with Gasteiger partial charge in [0.2, 0.25) is 0 Å². The Morgan fingerprint density at radius 1 is 0.781 bits per heavy atom. The summed E-state index contributed by atoms with van der Waals surface area (Å²) in [5.41, 5.74) is 2.32. The van der Waals surface area contributed by atoms with E-state index in [1.165, 1.54) is 28.7 Å². The van der Waals surface area contributed by atoms with Crippen LogP contribution < -0.4 is 0 Å². The van der Waals surface area contributed by atoms with Crippen LogP contribution in [0.2, 0.25) is 0 Å². The van der Waals surface area contributed by atoms with Crippen molar-refractivity contribution >= 4 is 5.91 Å². The Bertz CT molecular complexity index is 1060. The van der Waals surface area contributed by atoms with Gasteiger partial charge in [0.1, 0.15) is 0 Å². The standard InChI is InChI=1S/C26H25F3N2O/c1-19-11-13-21(14-12-19)24(20-7-3-2-4-8-20)30-15-17-31(18-16-30)25(32)22-9-5-6-10-23(22)26(27,28)29/h2-14,24H,15-18H2,1H3/t24-/m0/s1. The molecule has 1 amide bonds. The Morgan fingerprint density at radius 3 is 1.97 bits per heavy atom. The highest BCUT2D eigenvalue weighted by Gasteiger charge is 2.37. The summed E-state index contributed by atoms with van der Waals surface area (Å²) in [4.78, 5) is 16.7. The van der Waals surface area contributed by atoms with Crippen LogP contribution in [-0.4, -0.2) is 41.9 Å². The van der Waals surface area contributed by atoms with E-state index in [4.69, 9.17) is 0 Å². The minimum Gasteiger partial charge on any atom is -0.336 e. The summed E-state index contributed by atoms with van der Waals surface area (Å²) >= 11 is 0. The zero-order valence-corrected chi connectivity index (χ0v) is 17.8. The molecule has 4 rings (SSSR count). The van der Waals surface area contributed by atoms with Crippen LogP contribution in [0, 0.1) is 6.92 Å². The first-order valence-corrected chi connectivity index (χ1v) is 10.7. The molecule has 1 heterocycles. The van der Waals surface area contributed by atoms with Gasteiger partial charge in [0.05, 0.1) is 17.2 Å². The van der Waals surface area contributed by atoms with Gasteiger partial charge in [-0.05, 0) is 30.2 Å². The smallest absolute Gasteiger partial charge is 0.336 e. The van der Waals surface area contributed by atoms with E-state index in [0.717, 1.165) is 17.2 Å². The average molecular weight is 438 g/mol. The second kappa shape index (κ2) is 9.17. The Balaban J connectivity index is 1.54. The molecule has 3 nitrogen and oxygen atoms in total. The lowest BCUT2D eigenvalue weighted by molar-refractivity contribution is -0.138. The minimum atomic E-state index is -4.56. The van der Waals surface area contributed by atoms with Gasteiger partial charge < -0.3 is 4.90 Å². The summed E-state index contributed by atoms with van der Waals surface area (Å²) in [5, 5.41) is 0. The lowest BCUT2D eigenvalue weighted by Crippen LogP contribution is -2.50. The molecule has 1 fully saturated rings. The van der Waals surface area contributed by atoms with Gasteiger partial charge in [0, 0.05) is 26.2 Å². The van der Waals surface area contributed by atoms with Gasteiger partial charge in [-0.2, -0.15) is 13.2 Å². The first-order chi connectivity index (χ1) is 15.3. The maximum absolute atomic E-state index is 13.4. The number of nitrogens with zero attached hydrogens (tertiary/aromatic N) is 2. The molecule has 0 aliphatic carbocycles. The van der Waals surface area contributed by atoms with E-state index in [0.29, 0.717) is 26.2 Å². The molecule has 32 heavy (non-hydrogen) atoms. The van der Waals surface area contributed by atoms with Crippen molar-refractivity contribution in [1.29, 1.82) is 0 Å². The van der Waals surface area contributed by atoms with Crippen LogP contribution in [-0.2, 0) is 6.18 Å². The number of piperazine rings is 1. The highest BCUT2D eigenvalue weighted by molar-refractivity contribution is 5.96. The molecule has 0 radical (unpaired) electrons. The number of carbonyl (C=O) groups is 1. The van der Waals surface area contributed by atoms with Crippen molar-refractivity contribution < 1.29 is 18.0 Å². The number of halogens is 3. The van der Waals surface area contributed by atoms with Crippen LogP contribution in [0.4, 0.5) is 13.2 Å². The van der Waals surface area contributed by atoms with Crippen molar-refractivity contribution in [3.63, 3.8) is 0 Å². The third-order valence-corrected chi connectivity index (χ3v) is 5.94. The molecule has 0 unspecified atom stereocenters. The topological polar surface area (TPSA) is 23.6 Å². The van der Waals surface area contributed by atoms with Gasteiger partial charge in [0.25, 0.3) is 5.91 Å². The van der Waals surface area contributed by atoms with E-state index in [1.54, 1.807) is 0 Å². The van der Waals surface area contributed by atoms with Crippen LogP contribution in [0.25, 0.3) is 0 Å². The Morgan fingerprint density at radius 2 is 1.34 bits per heavy atom. The van der Waals surface area contributed by atoms with Crippen molar-refractivity contribution in [1.82, 2.24) is 9.80 Å². The van der Waals surface area contributed by atoms with Crippen molar-refractivity contribution in [3.8, 4) is 0 Å². The Labute approximate surface area is 186 Å². The number of benzene rings is 3. The third-order valence-electron chi connectivity index (χ3n) is 5.94. The Kier molecular flexibility index (Phi) is 6.33. The molecule has 1 saturated heterocycles. The predicted molar refractivity (Wildman–Crippen MR) is 118 cm³/mol. The quantitative estimate of drug-likeness (QED) is 0.532. The third kappa shape index (κ3) is 4.70. The Hall–Kier alpha value is -3.12. The van der Waals surface area contributed by atoms with Crippen LogP contribution in [0.1, 0.15) is 38.7 Å². The van der Waals surface area contributed by atoms with E-state index in [1.807, 2.05) is 25.1 Å². The first kappa shape index (κ1) is 22.1. The van der Waals surface area contributed by atoms with Gasteiger partial charge in [-0.25, -0.2) is 0 Å². The second-order valence-corrected chi connectivity index (χ2v) is 8.10. The molecule has 1 aliphatic rings. The maximum Gasteiger partial charge on any atom is 0.417 e. The molecule has 0 bridgehead atoms. The fourth-order valence-electron chi connectivity index (χ4n) is 4.27. The molecule has 1 aliphatic heterocycles. The number of hydrogen-bond donors (Lipinski definition) is 0. The fraction of sp³-hybridized carbons (Fsp3) is 0.269. The molecular weight excluding hydrogens is 413 g/mol. The monoisotopic (exact) mass is 438 g/mol. The number of alkyl halides is 3. The zero-order chi connectivity index (χ0) is 22.7. The average Bonchev–Trinajstić information content (AvgIpc) is 2.81. The van der Waals surface area contributed by atoms with Crippen molar-refractivity contribution in [2.75, 3.05) is 26.2 Å². The minimum absolute atomic E-state index is 0.0245. The fourth-order valence-corrected chi connectivity index (χ4v) is 4.27. The lowest BCUT2D eigenvalue weighted by Gasteiger charge is -2.40. The first-order valence-electron chi connectivity index (χ1n) is 10.7. The van der Waals surface area contributed by atoms with Crippen LogP contribution in [0.3, 0.4) is 0 Å². The molecule has 0 saturated carbocycles. The van der Waals surface area contributed by atoms with E-state index >= 15 is 0 Å². The van der Waals surface area contributed by atoms with E-state index < -0.39 is 17.6 Å². The predicted octanol–water partition coefficient (Wildman–Crippen LogP) is 5.56. The second-order valence-electron chi connectivity index (χ2n) is 8.10. The van der Waals surface area contributed by atoms with Crippen molar-refractivity contribution in [3.05, 3.63) is 107 Å². The van der Waals surface area contributed by atoms with Crippen molar-refractivity contribution in [2.45, 2.75) is 19.1 Å². The molecule has 3 aromatic carbocycles. The normalized spacial score (nSPS) is 16.1. The van der Waals surface area contributed by atoms with Gasteiger partial charge in [0.15, 0.2) is 0 Å². The van der Waals surface area contributed by atoms with Gasteiger partial charge in [-0.15, -0.1) is 0 Å². The molecule has 1 atom stereocenters. The molecule has 6 heteroatoms. The summed E-state index contributed by atoms with van der Waals surface area (Å²) in [7, 11) is 0.